The molecule has 0 aliphatic carbocycles. The molecule has 2 aromatic heterocycles. The van der Waals surface area contributed by atoms with Crippen molar-refractivity contribution in [3.8, 4) is 0 Å². The summed E-state index contributed by atoms with van der Waals surface area (Å²) in [4.78, 5) is 23.4. The van der Waals surface area contributed by atoms with E-state index in [4.69, 9.17) is 20.9 Å². The highest BCUT2D eigenvalue weighted by Crippen LogP contribution is 2.26. The van der Waals surface area contributed by atoms with Crippen molar-refractivity contribution < 1.29 is 27.6 Å². The Morgan fingerprint density at radius 2 is 2.26 bits per heavy atom. The highest BCUT2D eigenvalue weighted by molar-refractivity contribution is 6.36. The number of carbonyl (C=O) groups excluding carboxylic acids is 2. The lowest BCUT2D eigenvalue weighted by Gasteiger charge is -2.00. The van der Waals surface area contributed by atoms with Crippen LogP contribution in [0.4, 0.5) is 14.7 Å². The van der Waals surface area contributed by atoms with Crippen molar-refractivity contribution in [1.82, 2.24) is 14.9 Å². The monoisotopic (exact) mass is 348 g/mol. The second-order valence-corrected chi connectivity index (χ2v) is 4.54. The topological polar surface area (TPSA) is 99.3 Å². The number of alkyl halides is 2. The first kappa shape index (κ1) is 16.9. The second kappa shape index (κ2) is 7.18. The highest BCUT2D eigenvalue weighted by Gasteiger charge is 2.24. The van der Waals surface area contributed by atoms with Gasteiger partial charge in [0.1, 0.15) is 11.6 Å². The van der Waals surface area contributed by atoms with Gasteiger partial charge in [-0.15, -0.1) is 0 Å². The van der Waals surface area contributed by atoms with E-state index in [9.17, 15) is 18.4 Å². The van der Waals surface area contributed by atoms with Crippen LogP contribution in [0.25, 0.3) is 0 Å². The van der Waals surface area contributed by atoms with Crippen molar-refractivity contribution in [2.45, 2.75) is 19.9 Å². The summed E-state index contributed by atoms with van der Waals surface area (Å²) in [5.74, 6) is -1.84. The van der Waals surface area contributed by atoms with Gasteiger partial charge < -0.3 is 9.26 Å². The molecule has 0 aliphatic heterocycles. The third-order valence-electron chi connectivity index (χ3n) is 2.53. The van der Waals surface area contributed by atoms with Gasteiger partial charge in [0.25, 0.3) is 18.2 Å². The molecule has 0 atom stereocenters. The van der Waals surface area contributed by atoms with Crippen LogP contribution in [0.1, 0.15) is 27.9 Å². The van der Waals surface area contributed by atoms with Gasteiger partial charge in [0.15, 0.2) is 5.69 Å². The minimum atomic E-state index is -2.60. The third-order valence-corrected chi connectivity index (χ3v) is 2.88. The lowest BCUT2D eigenvalue weighted by molar-refractivity contribution is 0.0515. The van der Waals surface area contributed by atoms with E-state index >= 15 is 0 Å². The summed E-state index contributed by atoms with van der Waals surface area (Å²) in [6.45, 7) is 1.08. The minimum Gasteiger partial charge on any atom is -0.461 e. The van der Waals surface area contributed by atoms with Gasteiger partial charge >= 0.3 is 5.97 Å². The van der Waals surface area contributed by atoms with Gasteiger partial charge in [-0.1, -0.05) is 16.8 Å². The first-order chi connectivity index (χ1) is 10.9. The molecule has 0 spiro atoms. The van der Waals surface area contributed by atoms with Crippen molar-refractivity contribution in [2.75, 3.05) is 11.9 Å². The van der Waals surface area contributed by atoms with Gasteiger partial charge in [-0.05, 0) is 13.0 Å². The number of halogens is 3. The summed E-state index contributed by atoms with van der Waals surface area (Å²) >= 11 is 5.86. The number of carbonyl (C=O) groups is 2. The summed E-state index contributed by atoms with van der Waals surface area (Å²) in [6, 6.07) is 1.24. The van der Waals surface area contributed by atoms with Crippen molar-refractivity contribution >= 4 is 29.4 Å². The van der Waals surface area contributed by atoms with E-state index in [1.165, 1.54) is 12.3 Å². The lowest BCUT2D eigenvalue weighted by Crippen LogP contribution is -2.14. The van der Waals surface area contributed by atoms with Gasteiger partial charge in [0, 0.05) is 6.20 Å². The van der Waals surface area contributed by atoms with E-state index in [0.717, 1.165) is 4.68 Å². The van der Waals surface area contributed by atoms with Crippen LogP contribution in [0.2, 0.25) is 5.02 Å². The van der Waals surface area contributed by atoms with Crippen LogP contribution in [-0.4, -0.2) is 39.8 Å². The molecule has 0 fully saturated rings. The molecule has 11 heteroatoms. The van der Waals surface area contributed by atoms with Crippen LogP contribution in [0.5, 0.6) is 0 Å². The normalized spacial score (nSPS) is 10.8. The van der Waals surface area contributed by atoms with Crippen molar-refractivity contribution in [2.24, 2.45) is 0 Å². The quantitative estimate of drug-likeness (QED) is 0.803. The summed E-state index contributed by atoms with van der Waals surface area (Å²) in [6.07, 6.45) is -1.37. The fraction of sp³-hybridized carbons (Fsp3) is 0.333. The molecular weight excluding hydrogens is 338 g/mol. The number of nitrogens with zero attached hydrogens (tertiary/aromatic N) is 3. The largest absolute Gasteiger partial charge is 0.461 e. The third kappa shape index (κ3) is 4.03. The summed E-state index contributed by atoms with van der Waals surface area (Å²) in [5.41, 5.74) is -0.414. The molecule has 1 N–H and O–H groups in total. The standard InChI is InChI=1S/C12H11ClF2N4O4/c1-2-22-12(21)9-8(13)11(23-18-9)16-10(20)6-3-4-19(17-6)5-7(14)15/h3-4,7H,2,5H2,1H3,(H,16,20). The molecule has 2 aromatic rings. The molecule has 23 heavy (non-hydrogen) atoms. The molecule has 2 heterocycles. The summed E-state index contributed by atoms with van der Waals surface area (Å²) in [5, 5.41) is 9.09. The molecule has 0 aliphatic rings. The number of anilines is 1. The first-order valence-corrected chi connectivity index (χ1v) is 6.75. The van der Waals surface area contributed by atoms with E-state index < -0.39 is 24.8 Å². The highest BCUT2D eigenvalue weighted by atomic mass is 35.5. The Hall–Kier alpha value is -2.49. The molecule has 0 bridgehead atoms. The summed E-state index contributed by atoms with van der Waals surface area (Å²) < 4.78 is 34.8. The van der Waals surface area contributed by atoms with Crippen molar-refractivity contribution in [1.29, 1.82) is 0 Å². The van der Waals surface area contributed by atoms with E-state index in [1.54, 1.807) is 6.92 Å². The average Bonchev–Trinajstić information content (AvgIpc) is 3.07. The Bertz CT molecular complexity index is 716. The Kier molecular flexibility index (Phi) is 5.27. The van der Waals surface area contributed by atoms with Gasteiger partial charge in [0.05, 0.1) is 6.61 Å². The van der Waals surface area contributed by atoms with Crippen LogP contribution in [-0.2, 0) is 11.3 Å². The molecule has 0 unspecified atom stereocenters. The van der Waals surface area contributed by atoms with Gasteiger partial charge in [-0.2, -0.15) is 5.10 Å². The summed E-state index contributed by atoms with van der Waals surface area (Å²) in [7, 11) is 0. The van der Waals surface area contributed by atoms with Crippen molar-refractivity contribution in [3.63, 3.8) is 0 Å². The fourth-order valence-electron chi connectivity index (χ4n) is 1.58. The van der Waals surface area contributed by atoms with Crippen LogP contribution < -0.4 is 5.32 Å². The SMILES string of the molecule is CCOC(=O)c1noc(NC(=O)c2ccn(CC(F)F)n2)c1Cl. The van der Waals surface area contributed by atoms with Crippen LogP contribution >= 0.6 is 11.6 Å². The van der Waals surface area contributed by atoms with Crippen LogP contribution in [0.3, 0.4) is 0 Å². The maximum atomic E-state index is 12.2. The Morgan fingerprint density at radius 1 is 1.52 bits per heavy atom. The molecule has 0 saturated heterocycles. The van der Waals surface area contributed by atoms with Crippen LogP contribution in [0, 0.1) is 0 Å². The fourth-order valence-corrected chi connectivity index (χ4v) is 1.77. The zero-order valence-corrected chi connectivity index (χ0v) is 12.5. The predicted octanol–water partition coefficient (Wildman–Crippen LogP) is 2.22. The number of hydrogen-bond acceptors (Lipinski definition) is 6. The van der Waals surface area contributed by atoms with E-state index in [2.05, 4.69) is 15.6 Å². The number of rotatable bonds is 6. The average molecular weight is 349 g/mol. The maximum absolute atomic E-state index is 12.2. The van der Waals surface area contributed by atoms with Crippen molar-refractivity contribution in [3.05, 3.63) is 28.7 Å². The molecule has 0 aromatic carbocycles. The molecule has 0 radical (unpaired) electrons. The van der Waals surface area contributed by atoms with Gasteiger partial charge in [0.2, 0.25) is 5.69 Å². The lowest BCUT2D eigenvalue weighted by atomic mass is 10.4. The Morgan fingerprint density at radius 3 is 2.91 bits per heavy atom. The van der Waals surface area contributed by atoms with Gasteiger partial charge in [-0.3, -0.25) is 14.8 Å². The second-order valence-electron chi connectivity index (χ2n) is 4.16. The number of aromatic nitrogens is 3. The molecule has 0 saturated carbocycles. The predicted molar refractivity (Wildman–Crippen MR) is 73.7 cm³/mol. The smallest absolute Gasteiger partial charge is 0.362 e. The molecule has 1 amide bonds. The number of amides is 1. The Balaban J connectivity index is 2.08. The molecular formula is C12H11ClF2N4O4. The molecule has 8 nitrogen and oxygen atoms in total. The maximum Gasteiger partial charge on any atom is 0.362 e. The number of esters is 1. The van der Waals surface area contributed by atoms with E-state index in [-0.39, 0.29) is 28.9 Å². The zero-order valence-electron chi connectivity index (χ0n) is 11.8. The van der Waals surface area contributed by atoms with Gasteiger partial charge in [-0.25, -0.2) is 13.6 Å². The molecule has 2 rings (SSSR count). The van der Waals surface area contributed by atoms with E-state index in [1.807, 2.05) is 0 Å². The first-order valence-electron chi connectivity index (χ1n) is 6.37. The zero-order chi connectivity index (χ0) is 17.0. The number of ether oxygens (including phenoxy) is 1. The molecule has 124 valence electrons. The Labute approximate surface area is 133 Å². The number of hydrogen-bond donors (Lipinski definition) is 1. The van der Waals surface area contributed by atoms with Crippen LogP contribution in [0.15, 0.2) is 16.8 Å². The minimum absolute atomic E-state index is 0.116. The van der Waals surface area contributed by atoms with E-state index in [0.29, 0.717) is 0 Å². The number of nitrogens with one attached hydrogen (secondary N) is 1.